The number of rotatable bonds is 6. The number of hydrogen-bond acceptors (Lipinski definition) is 3. The van der Waals surface area contributed by atoms with Crippen LogP contribution in [-0.4, -0.2) is 12.5 Å². The van der Waals surface area contributed by atoms with Crippen LogP contribution >= 0.6 is 11.3 Å². The summed E-state index contributed by atoms with van der Waals surface area (Å²) >= 11 is 1.78. The summed E-state index contributed by atoms with van der Waals surface area (Å²) in [7, 11) is 0. The Balaban J connectivity index is 1.58. The van der Waals surface area contributed by atoms with Crippen LogP contribution in [0.25, 0.3) is 0 Å². The van der Waals surface area contributed by atoms with E-state index < -0.39 is 0 Å². The number of hydrogen-bond donors (Lipinski definition) is 2. The standard InChI is InChI=1S/C18H24N2OS/c1-11(13-8-9-13)20-18-16(17(21)19-10-12-6-7-12)14-4-2-3-5-15(14)22-18/h12-13,20H,1-10H2,(H,19,21). The Labute approximate surface area is 136 Å². The molecule has 0 atom stereocenters. The molecule has 118 valence electrons. The fourth-order valence-electron chi connectivity index (χ4n) is 3.22. The molecule has 3 aliphatic carbocycles. The molecule has 1 heterocycles. The molecule has 3 nitrogen and oxygen atoms in total. The number of aryl methyl sites for hydroxylation is 1. The average molecular weight is 316 g/mol. The van der Waals surface area contributed by atoms with Crippen molar-refractivity contribution in [1.82, 2.24) is 5.32 Å². The minimum absolute atomic E-state index is 0.123. The molecule has 0 aromatic carbocycles. The van der Waals surface area contributed by atoms with Gasteiger partial charge in [-0.05, 0) is 68.8 Å². The maximum atomic E-state index is 12.7. The van der Waals surface area contributed by atoms with Gasteiger partial charge in [-0.3, -0.25) is 4.79 Å². The lowest BCUT2D eigenvalue weighted by atomic mass is 9.95. The van der Waals surface area contributed by atoms with E-state index in [1.807, 2.05) is 0 Å². The van der Waals surface area contributed by atoms with Crippen molar-refractivity contribution < 1.29 is 4.79 Å². The van der Waals surface area contributed by atoms with Gasteiger partial charge in [-0.25, -0.2) is 0 Å². The highest BCUT2D eigenvalue weighted by atomic mass is 32.1. The zero-order valence-electron chi connectivity index (χ0n) is 13.0. The first-order valence-electron chi connectivity index (χ1n) is 8.61. The molecule has 22 heavy (non-hydrogen) atoms. The second-order valence-electron chi connectivity index (χ2n) is 6.99. The highest BCUT2D eigenvalue weighted by Gasteiger charge is 2.30. The monoisotopic (exact) mass is 316 g/mol. The molecular formula is C18H24N2OS. The summed E-state index contributed by atoms with van der Waals surface area (Å²) in [5.41, 5.74) is 3.31. The first-order valence-corrected chi connectivity index (χ1v) is 9.42. The van der Waals surface area contributed by atoms with E-state index in [1.54, 1.807) is 11.3 Å². The second-order valence-corrected chi connectivity index (χ2v) is 8.10. The van der Waals surface area contributed by atoms with Gasteiger partial charge in [-0.1, -0.05) is 6.58 Å². The SMILES string of the molecule is C=C(Nc1sc2c(c1C(=O)NCC1CC1)CCCC2)C1CC1. The van der Waals surface area contributed by atoms with Crippen molar-refractivity contribution in [2.24, 2.45) is 11.8 Å². The fourth-order valence-corrected chi connectivity index (χ4v) is 4.54. The highest BCUT2D eigenvalue weighted by Crippen LogP contribution is 2.42. The largest absolute Gasteiger partial charge is 0.352 e. The molecule has 0 unspecified atom stereocenters. The maximum Gasteiger partial charge on any atom is 0.254 e. The smallest absolute Gasteiger partial charge is 0.254 e. The van der Waals surface area contributed by atoms with Gasteiger partial charge in [-0.15, -0.1) is 11.3 Å². The Morgan fingerprint density at radius 3 is 2.68 bits per heavy atom. The second kappa shape index (κ2) is 5.73. The molecule has 0 radical (unpaired) electrons. The van der Waals surface area contributed by atoms with Crippen LogP contribution in [0, 0.1) is 11.8 Å². The molecule has 2 fully saturated rings. The maximum absolute atomic E-state index is 12.7. The summed E-state index contributed by atoms with van der Waals surface area (Å²) in [5, 5.41) is 7.67. The molecule has 0 spiro atoms. The van der Waals surface area contributed by atoms with Crippen molar-refractivity contribution in [3.8, 4) is 0 Å². The van der Waals surface area contributed by atoms with Gasteiger partial charge in [0, 0.05) is 17.1 Å². The van der Waals surface area contributed by atoms with Crippen LogP contribution in [0.2, 0.25) is 0 Å². The van der Waals surface area contributed by atoms with Crippen LogP contribution in [0.3, 0.4) is 0 Å². The Morgan fingerprint density at radius 1 is 1.18 bits per heavy atom. The summed E-state index contributed by atoms with van der Waals surface area (Å²) in [6.07, 6.45) is 9.64. The van der Waals surface area contributed by atoms with Gasteiger partial charge in [0.1, 0.15) is 5.00 Å². The molecule has 4 rings (SSSR count). The average Bonchev–Trinajstić information content (AvgIpc) is 3.41. The lowest BCUT2D eigenvalue weighted by molar-refractivity contribution is 0.0952. The third-order valence-electron chi connectivity index (χ3n) is 4.99. The topological polar surface area (TPSA) is 41.1 Å². The number of nitrogens with one attached hydrogen (secondary N) is 2. The molecule has 1 aromatic rings. The van der Waals surface area contributed by atoms with Crippen molar-refractivity contribution in [2.45, 2.75) is 51.4 Å². The Hall–Kier alpha value is -1.29. The normalized spacial score (nSPS) is 20.4. The van der Waals surface area contributed by atoms with Crippen LogP contribution in [0.5, 0.6) is 0 Å². The van der Waals surface area contributed by atoms with Crippen molar-refractivity contribution in [2.75, 3.05) is 11.9 Å². The van der Waals surface area contributed by atoms with E-state index in [4.69, 9.17) is 0 Å². The lowest BCUT2D eigenvalue weighted by Crippen LogP contribution is -2.27. The van der Waals surface area contributed by atoms with E-state index in [1.165, 1.54) is 49.0 Å². The van der Waals surface area contributed by atoms with E-state index in [-0.39, 0.29) is 5.91 Å². The summed E-state index contributed by atoms with van der Waals surface area (Å²) in [4.78, 5) is 14.1. The first-order chi connectivity index (χ1) is 10.7. The summed E-state index contributed by atoms with van der Waals surface area (Å²) in [6.45, 7) is 5.01. The number of allylic oxidation sites excluding steroid dienone is 1. The Bertz CT molecular complexity index is 611. The van der Waals surface area contributed by atoms with Gasteiger partial charge >= 0.3 is 0 Å². The number of fused-ring (bicyclic) bond motifs is 1. The van der Waals surface area contributed by atoms with Crippen molar-refractivity contribution in [3.63, 3.8) is 0 Å². The van der Waals surface area contributed by atoms with Gasteiger partial charge in [0.15, 0.2) is 0 Å². The summed E-state index contributed by atoms with van der Waals surface area (Å²) in [5.74, 6) is 1.45. The van der Waals surface area contributed by atoms with E-state index >= 15 is 0 Å². The third kappa shape index (κ3) is 2.94. The van der Waals surface area contributed by atoms with Crippen molar-refractivity contribution in [1.29, 1.82) is 0 Å². The molecular weight excluding hydrogens is 292 g/mol. The van der Waals surface area contributed by atoms with Crippen LogP contribution in [0.4, 0.5) is 5.00 Å². The third-order valence-corrected chi connectivity index (χ3v) is 6.20. The summed E-state index contributed by atoms with van der Waals surface area (Å²) in [6, 6.07) is 0. The molecule has 2 saturated carbocycles. The van der Waals surface area contributed by atoms with Crippen LogP contribution in [0.1, 0.15) is 59.3 Å². The van der Waals surface area contributed by atoms with Crippen molar-refractivity contribution >= 4 is 22.2 Å². The van der Waals surface area contributed by atoms with Gasteiger partial charge in [0.05, 0.1) is 5.56 Å². The molecule has 0 saturated heterocycles. The predicted octanol–water partition coefficient (Wildman–Crippen LogP) is 4.10. The van der Waals surface area contributed by atoms with Crippen LogP contribution < -0.4 is 10.6 Å². The summed E-state index contributed by atoms with van der Waals surface area (Å²) < 4.78 is 0. The number of carbonyl (C=O) groups is 1. The van der Waals surface area contributed by atoms with Crippen LogP contribution in [-0.2, 0) is 12.8 Å². The van der Waals surface area contributed by atoms with Gasteiger partial charge in [-0.2, -0.15) is 0 Å². The number of thiophene rings is 1. The minimum Gasteiger partial charge on any atom is -0.352 e. The van der Waals surface area contributed by atoms with Gasteiger partial charge in [0.25, 0.3) is 5.91 Å². The zero-order chi connectivity index (χ0) is 15.1. The van der Waals surface area contributed by atoms with Crippen molar-refractivity contribution in [3.05, 3.63) is 28.3 Å². The first kappa shape index (κ1) is 14.3. The van der Waals surface area contributed by atoms with E-state index in [9.17, 15) is 4.79 Å². The molecule has 0 bridgehead atoms. The van der Waals surface area contributed by atoms with Crippen LogP contribution in [0.15, 0.2) is 12.3 Å². The molecule has 1 amide bonds. The zero-order valence-corrected chi connectivity index (χ0v) is 13.9. The van der Waals surface area contributed by atoms with E-state index in [0.717, 1.165) is 41.6 Å². The minimum atomic E-state index is 0.123. The lowest BCUT2D eigenvalue weighted by Gasteiger charge is -2.14. The number of amides is 1. The Morgan fingerprint density at radius 2 is 1.95 bits per heavy atom. The predicted molar refractivity (Wildman–Crippen MR) is 91.5 cm³/mol. The Kier molecular flexibility index (Phi) is 3.73. The van der Waals surface area contributed by atoms with E-state index in [0.29, 0.717) is 5.92 Å². The fraction of sp³-hybridized carbons (Fsp3) is 0.611. The number of carbonyl (C=O) groups excluding carboxylic acids is 1. The molecule has 3 aliphatic rings. The molecule has 4 heteroatoms. The van der Waals surface area contributed by atoms with Gasteiger partial charge < -0.3 is 10.6 Å². The molecule has 1 aromatic heterocycles. The molecule has 2 N–H and O–H groups in total. The van der Waals surface area contributed by atoms with E-state index in [2.05, 4.69) is 17.2 Å². The number of anilines is 1. The highest BCUT2D eigenvalue weighted by molar-refractivity contribution is 7.16. The quantitative estimate of drug-likeness (QED) is 0.829. The molecule has 0 aliphatic heterocycles. The van der Waals surface area contributed by atoms with Gasteiger partial charge in [0.2, 0.25) is 0 Å².